The van der Waals surface area contributed by atoms with Crippen LogP contribution in [0.2, 0.25) is 0 Å². The van der Waals surface area contributed by atoms with Crippen molar-refractivity contribution >= 4 is 28.9 Å². The number of nitrogens with one attached hydrogen (secondary N) is 3. The van der Waals surface area contributed by atoms with Crippen molar-refractivity contribution in [2.45, 2.75) is 56.8 Å². The van der Waals surface area contributed by atoms with Crippen LogP contribution < -0.4 is 10.6 Å². The summed E-state index contributed by atoms with van der Waals surface area (Å²) in [7, 11) is 0. The fourth-order valence-corrected chi connectivity index (χ4v) is 5.81. The van der Waals surface area contributed by atoms with Gasteiger partial charge in [-0.2, -0.15) is 13.2 Å². The quantitative estimate of drug-likeness (QED) is 0.270. The van der Waals surface area contributed by atoms with E-state index in [0.29, 0.717) is 42.8 Å². The summed E-state index contributed by atoms with van der Waals surface area (Å²) < 4.78 is 38.6. The maximum atomic E-state index is 12.9. The van der Waals surface area contributed by atoms with Gasteiger partial charge in [0.1, 0.15) is 10.6 Å². The molecule has 0 unspecified atom stereocenters. The molecule has 0 saturated heterocycles. The van der Waals surface area contributed by atoms with Crippen molar-refractivity contribution in [3.63, 3.8) is 0 Å². The molecule has 1 aliphatic carbocycles. The highest BCUT2D eigenvalue weighted by Gasteiger charge is 2.38. The third-order valence-corrected chi connectivity index (χ3v) is 8.19. The van der Waals surface area contributed by atoms with Crippen molar-refractivity contribution in [2.75, 3.05) is 6.54 Å². The first-order chi connectivity index (χ1) is 18.9. The zero-order chi connectivity index (χ0) is 28.9. The predicted molar refractivity (Wildman–Crippen MR) is 145 cm³/mol. The fourth-order valence-electron chi connectivity index (χ4n) is 4.76. The smallest absolute Gasteiger partial charge is 0.383 e. The molecule has 3 aromatic rings. The molecule has 8 nitrogen and oxygen atoms in total. The van der Waals surface area contributed by atoms with Crippen LogP contribution in [0, 0.1) is 11.3 Å². The van der Waals surface area contributed by atoms with E-state index in [1.165, 1.54) is 17.4 Å². The monoisotopic (exact) mass is 573 g/mol. The number of pyridine rings is 1. The van der Waals surface area contributed by atoms with Gasteiger partial charge in [-0.1, -0.05) is 12.1 Å². The van der Waals surface area contributed by atoms with Crippen molar-refractivity contribution in [2.24, 2.45) is 5.92 Å². The average Bonchev–Trinajstić information content (AvgIpc) is 3.44. The van der Waals surface area contributed by atoms with Crippen LogP contribution in [0.1, 0.15) is 60.0 Å². The highest BCUT2D eigenvalue weighted by Crippen LogP contribution is 2.43. The Morgan fingerprint density at radius 3 is 2.62 bits per heavy atom. The van der Waals surface area contributed by atoms with E-state index in [0.717, 1.165) is 28.6 Å². The van der Waals surface area contributed by atoms with Gasteiger partial charge < -0.3 is 21.1 Å². The first kappa shape index (κ1) is 29.3. The second-order valence-corrected chi connectivity index (χ2v) is 11.1. The third kappa shape index (κ3) is 7.30. The second kappa shape index (κ2) is 12.3. The Labute approximate surface area is 233 Å². The molecule has 1 aliphatic rings. The lowest BCUT2D eigenvalue weighted by atomic mass is 9.76. The molecule has 1 fully saturated rings. The SMILES string of the molecule is C[C@H](CC(=N)C1CCC(O)(c2ncc(-c3cccnc3)s2)CC1)NC(=O)CNC(=O)c1cccc(C(F)(F)F)c1. The topological polar surface area (TPSA) is 128 Å². The van der Waals surface area contributed by atoms with Gasteiger partial charge in [0, 0.05) is 47.9 Å². The number of hydrogen-bond donors (Lipinski definition) is 4. The molecule has 0 spiro atoms. The highest BCUT2D eigenvalue weighted by atomic mass is 32.1. The van der Waals surface area contributed by atoms with Gasteiger partial charge in [0.2, 0.25) is 5.91 Å². The van der Waals surface area contributed by atoms with Gasteiger partial charge in [-0.25, -0.2) is 4.98 Å². The molecule has 1 saturated carbocycles. The number of carbonyl (C=O) groups excluding carboxylic acids is 2. The molecule has 1 aromatic carbocycles. The van der Waals surface area contributed by atoms with Gasteiger partial charge in [0.15, 0.2) is 0 Å². The number of thiazole rings is 1. The molecule has 4 rings (SSSR count). The number of benzene rings is 1. The number of hydrogen-bond acceptors (Lipinski definition) is 7. The Bertz CT molecular complexity index is 1350. The number of amides is 2. The minimum Gasteiger partial charge on any atom is -0.383 e. The van der Waals surface area contributed by atoms with Crippen LogP contribution in [0.3, 0.4) is 0 Å². The van der Waals surface area contributed by atoms with Gasteiger partial charge in [-0.15, -0.1) is 11.3 Å². The highest BCUT2D eigenvalue weighted by molar-refractivity contribution is 7.15. The van der Waals surface area contributed by atoms with Crippen molar-refractivity contribution in [3.05, 3.63) is 71.1 Å². The van der Waals surface area contributed by atoms with Crippen molar-refractivity contribution in [3.8, 4) is 10.4 Å². The minimum atomic E-state index is -4.57. The Hall–Kier alpha value is -3.64. The normalized spacial score (nSPS) is 20.0. The summed E-state index contributed by atoms with van der Waals surface area (Å²) >= 11 is 1.44. The minimum absolute atomic E-state index is 0.0296. The molecule has 2 aromatic heterocycles. The number of aliphatic hydroxyl groups is 1. The van der Waals surface area contributed by atoms with Crippen LogP contribution in [-0.4, -0.2) is 45.2 Å². The Balaban J connectivity index is 1.22. The van der Waals surface area contributed by atoms with E-state index in [-0.39, 0.29) is 17.5 Å². The van der Waals surface area contributed by atoms with Crippen LogP contribution in [0.5, 0.6) is 0 Å². The number of carbonyl (C=O) groups is 2. The predicted octanol–water partition coefficient (Wildman–Crippen LogP) is 4.95. The van der Waals surface area contributed by atoms with Crippen LogP contribution in [0.4, 0.5) is 13.2 Å². The third-order valence-electron chi connectivity index (χ3n) is 6.95. The lowest BCUT2D eigenvalue weighted by molar-refractivity contribution is -0.137. The van der Waals surface area contributed by atoms with Gasteiger partial charge >= 0.3 is 6.18 Å². The number of nitrogens with zero attached hydrogens (tertiary/aromatic N) is 2. The van der Waals surface area contributed by atoms with Crippen LogP contribution in [-0.2, 0) is 16.6 Å². The Morgan fingerprint density at radius 1 is 1.20 bits per heavy atom. The van der Waals surface area contributed by atoms with Crippen molar-refractivity contribution in [1.29, 1.82) is 5.41 Å². The molecule has 4 N–H and O–H groups in total. The summed E-state index contributed by atoms with van der Waals surface area (Å²) in [6, 6.07) is 7.38. The number of halogens is 3. The summed E-state index contributed by atoms with van der Waals surface area (Å²) in [4.78, 5) is 34.0. The summed E-state index contributed by atoms with van der Waals surface area (Å²) in [5.74, 6) is -1.33. The van der Waals surface area contributed by atoms with E-state index >= 15 is 0 Å². The zero-order valence-electron chi connectivity index (χ0n) is 21.8. The van der Waals surface area contributed by atoms with Crippen molar-refractivity contribution in [1.82, 2.24) is 20.6 Å². The summed E-state index contributed by atoms with van der Waals surface area (Å²) in [6.07, 6.45) is 3.11. The molecule has 2 amide bonds. The maximum absolute atomic E-state index is 12.9. The van der Waals surface area contributed by atoms with E-state index < -0.39 is 35.7 Å². The molecule has 0 aliphatic heterocycles. The lowest BCUT2D eigenvalue weighted by Crippen LogP contribution is -2.42. The molecular formula is C28H30F3N5O3S. The van der Waals surface area contributed by atoms with Crippen molar-refractivity contribution < 1.29 is 27.9 Å². The molecule has 2 heterocycles. The molecule has 0 radical (unpaired) electrons. The van der Waals surface area contributed by atoms with Crippen LogP contribution in [0.15, 0.2) is 55.0 Å². The Morgan fingerprint density at radius 2 is 1.95 bits per heavy atom. The number of rotatable bonds is 9. The van der Waals surface area contributed by atoms with E-state index in [1.54, 1.807) is 25.5 Å². The number of alkyl halides is 3. The molecule has 40 heavy (non-hydrogen) atoms. The molecule has 12 heteroatoms. The molecular weight excluding hydrogens is 543 g/mol. The van der Waals surface area contributed by atoms with Gasteiger partial charge in [0.25, 0.3) is 5.91 Å². The van der Waals surface area contributed by atoms with E-state index in [4.69, 9.17) is 5.41 Å². The largest absolute Gasteiger partial charge is 0.416 e. The number of aromatic nitrogens is 2. The van der Waals surface area contributed by atoms with Gasteiger partial charge in [-0.05, 0) is 62.8 Å². The van der Waals surface area contributed by atoms with E-state index in [9.17, 15) is 27.9 Å². The zero-order valence-corrected chi connectivity index (χ0v) is 22.6. The average molecular weight is 574 g/mol. The van der Waals surface area contributed by atoms with E-state index in [1.807, 2.05) is 12.1 Å². The first-order valence-corrected chi connectivity index (χ1v) is 13.7. The van der Waals surface area contributed by atoms with Crippen LogP contribution >= 0.6 is 11.3 Å². The molecule has 1 atom stereocenters. The van der Waals surface area contributed by atoms with Gasteiger partial charge in [-0.3, -0.25) is 14.6 Å². The fraction of sp³-hybridized carbons (Fsp3) is 0.393. The standard InChI is InChI=1S/C28H30F3N5O3S/c1-17(36-24(37)16-34-25(38)19-4-2-6-21(13-19)28(29,30)31)12-22(32)18-7-9-27(39,10-8-18)26-35-15-23(40-26)20-5-3-11-33-14-20/h2-6,11,13-15,17-18,32,39H,7-10,12,16H2,1H3,(H,34,38)(H,36,37)/t17-,18?,27?/m1/s1. The second-order valence-electron chi connectivity index (χ2n) is 10.0. The summed E-state index contributed by atoms with van der Waals surface area (Å²) in [5, 5.41) is 25.5. The van der Waals surface area contributed by atoms with E-state index in [2.05, 4.69) is 20.6 Å². The summed E-state index contributed by atoms with van der Waals surface area (Å²) in [5.41, 5.74) is -0.770. The van der Waals surface area contributed by atoms with Gasteiger partial charge in [0.05, 0.1) is 17.0 Å². The summed E-state index contributed by atoms with van der Waals surface area (Å²) in [6.45, 7) is 1.34. The van der Waals surface area contributed by atoms with Crippen LogP contribution in [0.25, 0.3) is 10.4 Å². The molecule has 212 valence electrons. The lowest BCUT2D eigenvalue weighted by Gasteiger charge is -2.35. The molecule has 0 bridgehead atoms. The first-order valence-electron chi connectivity index (χ1n) is 12.9. The Kier molecular flexibility index (Phi) is 8.99. The maximum Gasteiger partial charge on any atom is 0.416 e.